The predicted octanol–water partition coefficient (Wildman–Crippen LogP) is 5.50. The van der Waals surface area contributed by atoms with Crippen LogP contribution >= 0.6 is 0 Å². The zero-order valence-electron chi connectivity index (χ0n) is 13.2. The average Bonchev–Trinajstić information content (AvgIpc) is 2.59. The van der Waals surface area contributed by atoms with Crippen LogP contribution in [-0.4, -0.2) is 5.91 Å². The maximum absolute atomic E-state index is 12.1. The molecule has 0 aliphatic carbocycles. The van der Waals surface area contributed by atoms with E-state index in [1.807, 2.05) is 62.4 Å². The molecular formula is C19H19N3O. The quantitative estimate of drug-likeness (QED) is 0.575. The Morgan fingerprint density at radius 1 is 1.04 bits per heavy atom. The van der Waals surface area contributed by atoms with E-state index in [9.17, 15) is 4.79 Å². The van der Waals surface area contributed by atoms with Crippen molar-refractivity contribution in [1.29, 1.82) is 0 Å². The molecule has 0 aromatic heterocycles. The van der Waals surface area contributed by atoms with Gasteiger partial charge in [0.15, 0.2) is 0 Å². The molecule has 0 saturated heterocycles. The highest BCUT2D eigenvalue weighted by Gasteiger charge is 2.05. The van der Waals surface area contributed by atoms with Crippen molar-refractivity contribution in [2.45, 2.75) is 13.8 Å². The highest BCUT2D eigenvalue weighted by Crippen LogP contribution is 2.16. The van der Waals surface area contributed by atoms with Crippen LogP contribution in [0.25, 0.3) is 0 Å². The summed E-state index contributed by atoms with van der Waals surface area (Å²) in [5.41, 5.74) is 2.86. The first-order valence-corrected chi connectivity index (χ1v) is 7.37. The number of anilines is 1. The molecule has 116 valence electrons. The molecule has 0 aliphatic rings. The number of azo groups is 1. The van der Waals surface area contributed by atoms with E-state index in [1.165, 1.54) is 0 Å². The standard InChI is InChI=1S/C19H19N3O/c1-3-4-8-15(2)21-22-18-13-11-16(12-14-18)19(23)20-17-9-6-5-7-10-17/h3-14H,1-2H3,(H,20,23)/b4-3-,15-8+,22-21+. The lowest BCUT2D eigenvalue weighted by atomic mass is 10.2. The maximum Gasteiger partial charge on any atom is 0.255 e. The number of rotatable bonds is 5. The van der Waals surface area contributed by atoms with Crippen molar-refractivity contribution in [3.63, 3.8) is 0 Å². The molecule has 2 aromatic carbocycles. The number of allylic oxidation sites excluding steroid dienone is 4. The van der Waals surface area contributed by atoms with Crippen LogP contribution in [0.5, 0.6) is 0 Å². The van der Waals surface area contributed by atoms with Gasteiger partial charge in [-0.05, 0) is 56.3 Å². The number of carbonyl (C=O) groups excluding carboxylic acids is 1. The Labute approximate surface area is 136 Å². The molecule has 2 rings (SSSR count). The minimum atomic E-state index is -0.149. The van der Waals surface area contributed by atoms with Gasteiger partial charge in [0.1, 0.15) is 0 Å². The SMILES string of the molecule is C\C=C/C=C(C)/N=N/c1ccc(C(=O)Nc2ccccc2)cc1. The third kappa shape index (κ3) is 5.36. The second-order valence-electron chi connectivity index (χ2n) is 4.90. The number of hydrogen-bond donors (Lipinski definition) is 1. The molecule has 2 aromatic rings. The molecule has 0 saturated carbocycles. The van der Waals surface area contributed by atoms with Crippen LogP contribution in [0.2, 0.25) is 0 Å². The fourth-order valence-electron chi connectivity index (χ4n) is 1.81. The summed E-state index contributed by atoms with van der Waals surface area (Å²) in [5.74, 6) is -0.149. The minimum Gasteiger partial charge on any atom is -0.322 e. The second-order valence-corrected chi connectivity index (χ2v) is 4.90. The van der Waals surface area contributed by atoms with E-state index in [2.05, 4.69) is 15.5 Å². The molecule has 0 spiro atoms. The molecule has 0 atom stereocenters. The summed E-state index contributed by atoms with van der Waals surface area (Å²) in [6.07, 6.45) is 5.72. The average molecular weight is 305 g/mol. The number of amides is 1. The van der Waals surface area contributed by atoms with E-state index < -0.39 is 0 Å². The molecule has 23 heavy (non-hydrogen) atoms. The summed E-state index contributed by atoms with van der Waals surface area (Å²) in [6, 6.07) is 16.4. The first-order valence-electron chi connectivity index (χ1n) is 7.37. The van der Waals surface area contributed by atoms with Gasteiger partial charge in [0.05, 0.1) is 11.4 Å². The lowest BCUT2D eigenvalue weighted by Gasteiger charge is -2.04. The molecule has 1 amide bonds. The van der Waals surface area contributed by atoms with Crippen LogP contribution in [0.4, 0.5) is 11.4 Å². The number of hydrogen-bond acceptors (Lipinski definition) is 3. The van der Waals surface area contributed by atoms with Crippen molar-refractivity contribution in [3.05, 3.63) is 84.1 Å². The van der Waals surface area contributed by atoms with Crippen molar-refractivity contribution in [1.82, 2.24) is 0 Å². The summed E-state index contributed by atoms with van der Waals surface area (Å²) in [5, 5.41) is 11.1. The summed E-state index contributed by atoms with van der Waals surface area (Å²) in [6.45, 7) is 3.82. The van der Waals surface area contributed by atoms with E-state index in [4.69, 9.17) is 0 Å². The fraction of sp³-hybridized carbons (Fsp3) is 0.105. The zero-order valence-corrected chi connectivity index (χ0v) is 13.2. The molecule has 0 aliphatic heterocycles. The van der Waals surface area contributed by atoms with Crippen molar-refractivity contribution in [2.24, 2.45) is 10.2 Å². The van der Waals surface area contributed by atoms with Crippen LogP contribution in [0.1, 0.15) is 24.2 Å². The Balaban J connectivity index is 2.02. The minimum absolute atomic E-state index is 0.149. The molecule has 0 unspecified atom stereocenters. The van der Waals surface area contributed by atoms with Gasteiger partial charge in [-0.15, -0.1) is 0 Å². The lowest BCUT2D eigenvalue weighted by Crippen LogP contribution is -2.11. The predicted molar refractivity (Wildman–Crippen MR) is 93.9 cm³/mol. The Hall–Kier alpha value is -3.01. The van der Waals surface area contributed by atoms with Gasteiger partial charge in [0.2, 0.25) is 0 Å². The van der Waals surface area contributed by atoms with Crippen molar-refractivity contribution in [2.75, 3.05) is 5.32 Å². The summed E-state index contributed by atoms with van der Waals surface area (Å²) < 4.78 is 0. The number of benzene rings is 2. The van der Waals surface area contributed by atoms with Crippen LogP contribution in [0.3, 0.4) is 0 Å². The van der Waals surface area contributed by atoms with Crippen LogP contribution in [0, 0.1) is 0 Å². The van der Waals surface area contributed by atoms with Gasteiger partial charge in [0.25, 0.3) is 5.91 Å². The van der Waals surface area contributed by atoms with Gasteiger partial charge >= 0.3 is 0 Å². The van der Waals surface area contributed by atoms with Gasteiger partial charge < -0.3 is 5.32 Å². The number of nitrogens with one attached hydrogen (secondary N) is 1. The highest BCUT2D eigenvalue weighted by molar-refractivity contribution is 6.04. The van der Waals surface area contributed by atoms with Gasteiger partial charge in [-0.2, -0.15) is 10.2 Å². The smallest absolute Gasteiger partial charge is 0.255 e. The van der Waals surface area contributed by atoms with Gasteiger partial charge in [0, 0.05) is 11.3 Å². The highest BCUT2D eigenvalue weighted by atomic mass is 16.1. The Morgan fingerprint density at radius 3 is 2.39 bits per heavy atom. The van der Waals surface area contributed by atoms with Crippen LogP contribution < -0.4 is 5.32 Å². The fourth-order valence-corrected chi connectivity index (χ4v) is 1.81. The number of nitrogens with zero attached hydrogens (tertiary/aromatic N) is 2. The largest absolute Gasteiger partial charge is 0.322 e. The topological polar surface area (TPSA) is 53.8 Å². The number of para-hydroxylation sites is 1. The van der Waals surface area contributed by atoms with E-state index >= 15 is 0 Å². The van der Waals surface area contributed by atoms with E-state index in [0.717, 1.165) is 11.4 Å². The molecule has 4 heteroatoms. The van der Waals surface area contributed by atoms with Crippen molar-refractivity contribution in [3.8, 4) is 0 Å². The molecule has 0 heterocycles. The summed E-state index contributed by atoms with van der Waals surface area (Å²) >= 11 is 0. The molecule has 0 radical (unpaired) electrons. The lowest BCUT2D eigenvalue weighted by molar-refractivity contribution is 0.102. The van der Waals surface area contributed by atoms with Gasteiger partial charge in [-0.25, -0.2) is 0 Å². The van der Waals surface area contributed by atoms with Gasteiger partial charge in [-0.1, -0.05) is 30.4 Å². The molecule has 0 fully saturated rings. The Morgan fingerprint density at radius 2 is 1.74 bits per heavy atom. The first kappa shape index (κ1) is 16.4. The summed E-state index contributed by atoms with van der Waals surface area (Å²) in [7, 11) is 0. The Bertz CT molecular complexity index is 729. The van der Waals surface area contributed by atoms with Crippen LogP contribution in [0.15, 0.2) is 88.8 Å². The van der Waals surface area contributed by atoms with Crippen molar-refractivity contribution < 1.29 is 4.79 Å². The second kappa shape index (κ2) is 8.44. The van der Waals surface area contributed by atoms with Gasteiger partial charge in [-0.3, -0.25) is 4.79 Å². The number of carbonyl (C=O) groups is 1. The normalized spacial score (nSPS) is 12.0. The molecular weight excluding hydrogens is 286 g/mol. The summed E-state index contributed by atoms with van der Waals surface area (Å²) in [4.78, 5) is 12.1. The van der Waals surface area contributed by atoms with E-state index in [-0.39, 0.29) is 5.91 Å². The van der Waals surface area contributed by atoms with E-state index in [1.54, 1.807) is 24.3 Å². The zero-order chi connectivity index (χ0) is 16.5. The van der Waals surface area contributed by atoms with Crippen LogP contribution in [-0.2, 0) is 0 Å². The molecule has 0 bridgehead atoms. The molecule has 1 N–H and O–H groups in total. The Kier molecular flexibility index (Phi) is 6.00. The van der Waals surface area contributed by atoms with E-state index in [0.29, 0.717) is 11.3 Å². The third-order valence-electron chi connectivity index (χ3n) is 3.01. The first-order chi connectivity index (χ1) is 11.2. The van der Waals surface area contributed by atoms with Crippen molar-refractivity contribution >= 4 is 17.3 Å². The maximum atomic E-state index is 12.1. The third-order valence-corrected chi connectivity index (χ3v) is 3.01. The monoisotopic (exact) mass is 305 g/mol. The molecule has 4 nitrogen and oxygen atoms in total.